The molecule has 0 aliphatic carbocycles. The largest absolute Gasteiger partial charge is 0.467 e. The number of carbonyl (C=O) groups excluding carboxylic acids is 3. The van der Waals surface area contributed by atoms with Gasteiger partial charge in [0.2, 0.25) is 0 Å². The molecule has 29 heavy (non-hydrogen) atoms. The SMILES string of the molecule is O=C1NC(=O)N(Cc2ccco2)C(=O)C1=Cc1cc(Br)c(Sc2ccccc2)o1. The summed E-state index contributed by atoms with van der Waals surface area (Å²) in [6.45, 7) is -0.0841. The van der Waals surface area contributed by atoms with Gasteiger partial charge in [0.05, 0.1) is 17.3 Å². The average Bonchev–Trinajstić information content (AvgIpc) is 3.33. The molecule has 4 rings (SSSR count). The second kappa shape index (κ2) is 8.14. The molecule has 4 amide bonds. The van der Waals surface area contributed by atoms with Crippen molar-refractivity contribution < 1.29 is 23.2 Å². The number of furan rings is 2. The highest BCUT2D eigenvalue weighted by Gasteiger charge is 2.36. The van der Waals surface area contributed by atoms with Gasteiger partial charge in [0.15, 0.2) is 5.09 Å². The molecule has 9 heteroatoms. The van der Waals surface area contributed by atoms with Crippen LogP contribution in [0.5, 0.6) is 0 Å². The van der Waals surface area contributed by atoms with E-state index in [0.717, 1.165) is 9.80 Å². The van der Waals surface area contributed by atoms with Crippen molar-refractivity contribution in [1.82, 2.24) is 10.2 Å². The molecule has 2 aromatic heterocycles. The maximum atomic E-state index is 12.7. The number of urea groups is 1. The molecule has 0 saturated carbocycles. The second-order valence-corrected chi connectivity index (χ2v) is 7.89. The highest BCUT2D eigenvalue weighted by atomic mass is 79.9. The number of hydrogen-bond acceptors (Lipinski definition) is 6. The summed E-state index contributed by atoms with van der Waals surface area (Å²) in [5, 5.41) is 2.74. The first-order chi connectivity index (χ1) is 14.0. The van der Waals surface area contributed by atoms with Crippen LogP contribution in [0.25, 0.3) is 6.08 Å². The fourth-order valence-electron chi connectivity index (χ4n) is 2.64. The zero-order valence-corrected chi connectivity index (χ0v) is 17.2. The van der Waals surface area contributed by atoms with E-state index < -0.39 is 17.8 Å². The van der Waals surface area contributed by atoms with E-state index in [1.54, 1.807) is 18.2 Å². The highest BCUT2D eigenvalue weighted by molar-refractivity contribution is 9.10. The van der Waals surface area contributed by atoms with Crippen LogP contribution in [0.15, 0.2) is 83.7 Å². The number of benzene rings is 1. The molecule has 1 saturated heterocycles. The summed E-state index contributed by atoms with van der Waals surface area (Å²) in [5.41, 5.74) is -0.200. The van der Waals surface area contributed by atoms with Crippen molar-refractivity contribution in [3.8, 4) is 0 Å². The van der Waals surface area contributed by atoms with E-state index in [2.05, 4.69) is 21.2 Å². The number of nitrogens with zero attached hydrogens (tertiary/aromatic N) is 1. The Morgan fingerprint density at radius 2 is 1.90 bits per heavy atom. The first kappa shape index (κ1) is 19.3. The molecule has 1 aliphatic heterocycles. The van der Waals surface area contributed by atoms with Crippen molar-refractivity contribution in [2.75, 3.05) is 0 Å². The van der Waals surface area contributed by atoms with E-state index in [1.807, 2.05) is 30.3 Å². The number of imide groups is 2. The summed E-state index contributed by atoms with van der Waals surface area (Å²) in [4.78, 5) is 38.9. The fourth-order valence-corrected chi connectivity index (χ4v) is 3.99. The number of nitrogens with one attached hydrogen (secondary N) is 1. The van der Waals surface area contributed by atoms with E-state index in [1.165, 1.54) is 24.1 Å². The van der Waals surface area contributed by atoms with Gasteiger partial charge in [0.1, 0.15) is 17.1 Å². The molecule has 0 bridgehead atoms. The van der Waals surface area contributed by atoms with Crippen LogP contribution in [-0.2, 0) is 16.1 Å². The van der Waals surface area contributed by atoms with Gasteiger partial charge in [-0.2, -0.15) is 0 Å². The van der Waals surface area contributed by atoms with Gasteiger partial charge in [-0.05, 0) is 52.3 Å². The van der Waals surface area contributed by atoms with E-state index in [4.69, 9.17) is 8.83 Å². The van der Waals surface area contributed by atoms with Crippen LogP contribution in [0, 0.1) is 0 Å². The number of amides is 4. The van der Waals surface area contributed by atoms with Crippen molar-refractivity contribution in [1.29, 1.82) is 0 Å². The first-order valence-corrected chi connectivity index (χ1v) is 10.1. The van der Waals surface area contributed by atoms with E-state index in [-0.39, 0.29) is 12.1 Å². The molecule has 0 radical (unpaired) electrons. The van der Waals surface area contributed by atoms with Crippen molar-refractivity contribution in [2.45, 2.75) is 16.5 Å². The summed E-state index contributed by atoms with van der Waals surface area (Å²) in [6, 6.07) is 13.8. The molecular formula is C20H13BrN2O5S. The predicted octanol–water partition coefficient (Wildman–Crippen LogP) is 4.45. The molecule has 3 heterocycles. The molecule has 0 unspecified atom stereocenters. The van der Waals surface area contributed by atoms with Crippen LogP contribution in [0.3, 0.4) is 0 Å². The topological polar surface area (TPSA) is 92.8 Å². The zero-order chi connectivity index (χ0) is 20.4. The van der Waals surface area contributed by atoms with Crippen LogP contribution >= 0.6 is 27.7 Å². The third-order valence-electron chi connectivity index (χ3n) is 3.99. The summed E-state index contributed by atoms with van der Waals surface area (Å²) in [7, 11) is 0. The van der Waals surface area contributed by atoms with E-state index in [9.17, 15) is 14.4 Å². The van der Waals surface area contributed by atoms with Crippen LogP contribution in [0.1, 0.15) is 11.5 Å². The maximum absolute atomic E-state index is 12.7. The standard InChI is InChI=1S/C20H13BrN2O5S/c21-16-10-13(28-19(16)29-14-6-2-1-3-7-14)9-15-17(24)22-20(26)23(18(15)25)11-12-5-4-8-27-12/h1-10H,11H2,(H,22,24,26). The van der Waals surface area contributed by atoms with Crippen LogP contribution in [0.2, 0.25) is 0 Å². The quantitative estimate of drug-likeness (QED) is 0.435. The van der Waals surface area contributed by atoms with Gasteiger partial charge in [-0.15, -0.1) is 0 Å². The molecule has 7 nitrogen and oxygen atoms in total. The molecule has 146 valence electrons. The lowest BCUT2D eigenvalue weighted by Crippen LogP contribution is -2.53. The summed E-state index contributed by atoms with van der Waals surface area (Å²) < 4.78 is 11.6. The lowest BCUT2D eigenvalue weighted by atomic mass is 10.1. The first-order valence-electron chi connectivity index (χ1n) is 8.45. The van der Waals surface area contributed by atoms with Crippen molar-refractivity contribution in [3.05, 3.63) is 76.4 Å². The van der Waals surface area contributed by atoms with Crippen molar-refractivity contribution in [3.63, 3.8) is 0 Å². The Morgan fingerprint density at radius 1 is 1.10 bits per heavy atom. The normalized spacial score (nSPS) is 15.8. The predicted molar refractivity (Wildman–Crippen MR) is 108 cm³/mol. The number of carbonyl (C=O) groups is 3. The van der Waals surface area contributed by atoms with Crippen LogP contribution in [0.4, 0.5) is 4.79 Å². The summed E-state index contributed by atoms with van der Waals surface area (Å²) in [6.07, 6.45) is 2.76. The number of hydrogen-bond donors (Lipinski definition) is 1. The Hall–Kier alpha value is -3.04. The molecular weight excluding hydrogens is 460 g/mol. The van der Waals surface area contributed by atoms with Gasteiger partial charge in [-0.3, -0.25) is 19.8 Å². The number of barbiturate groups is 1. The Balaban J connectivity index is 1.59. The Morgan fingerprint density at radius 3 is 2.62 bits per heavy atom. The highest BCUT2D eigenvalue weighted by Crippen LogP contribution is 2.36. The molecule has 0 atom stereocenters. The van der Waals surface area contributed by atoms with Gasteiger partial charge in [0.25, 0.3) is 11.8 Å². The molecule has 1 aliphatic rings. The number of halogens is 1. The molecule has 3 aromatic rings. The van der Waals surface area contributed by atoms with Gasteiger partial charge in [-0.25, -0.2) is 4.79 Å². The minimum Gasteiger partial charge on any atom is -0.467 e. The average molecular weight is 473 g/mol. The Kier molecular flexibility index (Phi) is 5.41. The van der Waals surface area contributed by atoms with Gasteiger partial charge in [0, 0.05) is 4.90 Å². The van der Waals surface area contributed by atoms with Crippen molar-refractivity contribution >= 4 is 51.6 Å². The minimum atomic E-state index is -0.797. The third-order valence-corrected chi connectivity index (χ3v) is 5.84. The fraction of sp³-hybridized carbons (Fsp3) is 0.0500. The maximum Gasteiger partial charge on any atom is 0.331 e. The smallest absolute Gasteiger partial charge is 0.331 e. The van der Waals surface area contributed by atoms with Crippen molar-refractivity contribution in [2.24, 2.45) is 0 Å². The lowest BCUT2D eigenvalue weighted by molar-refractivity contribution is -0.130. The second-order valence-electron chi connectivity index (χ2n) is 5.99. The summed E-state index contributed by atoms with van der Waals surface area (Å²) in [5.74, 6) is -0.772. The monoisotopic (exact) mass is 472 g/mol. The zero-order valence-electron chi connectivity index (χ0n) is 14.8. The molecule has 1 aromatic carbocycles. The van der Waals surface area contributed by atoms with Gasteiger partial charge >= 0.3 is 6.03 Å². The lowest BCUT2D eigenvalue weighted by Gasteiger charge is -2.25. The van der Waals surface area contributed by atoms with Gasteiger partial charge in [-0.1, -0.05) is 30.0 Å². The number of rotatable bonds is 5. The van der Waals surface area contributed by atoms with Gasteiger partial charge < -0.3 is 8.83 Å². The third kappa shape index (κ3) is 4.20. The summed E-state index contributed by atoms with van der Waals surface area (Å²) >= 11 is 4.82. The van der Waals surface area contributed by atoms with Crippen LogP contribution < -0.4 is 5.32 Å². The molecule has 0 spiro atoms. The van der Waals surface area contributed by atoms with Crippen LogP contribution in [-0.4, -0.2) is 22.7 Å². The van der Waals surface area contributed by atoms with E-state index >= 15 is 0 Å². The Labute approximate surface area is 177 Å². The Bertz CT molecular complexity index is 1110. The minimum absolute atomic E-state index is 0.0841. The van der Waals surface area contributed by atoms with E-state index in [0.29, 0.717) is 21.1 Å². The molecule has 1 N–H and O–H groups in total. The molecule has 1 fully saturated rings.